The van der Waals surface area contributed by atoms with Gasteiger partial charge in [0.1, 0.15) is 0 Å². The Morgan fingerprint density at radius 1 is 1.06 bits per heavy atom. The molecule has 5 heteroatoms. The van der Waals surface area contributed by atoms with Crippen LogP contribution in [0.2, 0.25) is 5.02 Å². The van der Waals surface area contributed by atoms with Crippen molar-refractivity contribution >= 4 is 34.3 Å². The van der Waals surface area contributed by atoms with Gasteiger partial charge in [0.2, 0.25) is 0 Å². The lowest BCUT2D eigenvalue weighted by Crippen LogP contribution is -2.30. The Balaban J connectivity index is 2.21. The zero-order valence-electron chi connectivity index (χ0n) is 10.5. The molecule has 94 valence electrons. The predicted molar refractivity (Wildman–Crippen MR) is 75.5 cm³/mol. The second kappa shape index (κ2) is 4.28. The fourth-order valence-corrected chi connectivity index (χ4v) is 2.44. The Morgan fingerprint density at radius 2 is 1.67 bits per heavy atom. The number of nitrogens with zero attached hydrogens (tertiary/aromatic N) is 4. The molecular weight excluding hydrogens is 248 g/mol. The van der Waals surface area contributed by atoms with Crippen LogP contribution in [0.3, 0.4) is 0 Å². The summed E-state index contributed by atoms with van der Waals surface area (Å²) in [5, 5.41) is 0.699. The summed E-state index contributed by atoms with van der Waals surface area (Å²) in [6.45, 7) is 7.01. The summed E-state index contributed by atoms with van der Waals surface area (Å²) in [4.78, 5) is 13.9. The average molecular weight is 263 g/mol. The van der Waals surface area contributed by atoms with Gasteiger partial charge < -0.3 is 9.80 Å². The van der Waals surface area contributed by atoms with E-state index in [1.54, 1.807) is 0 Å². The highest BCUT2D eigenvalue weighted by Crippen LogP contribution is 2.33. The lowest BCUT2D eigenvalue weighted by Gasteiger charge is -2.17. The van der Waals surface area contributed by atoms with Crippen molar-refractivity contribution in [3.63, 3.8) is 0 Å². The van der Waals surface area contributed by atoms with Crippen molar-refractivity contribution in [2.45, 2.75) is 13.8 Å². The maximum Gasteiger partial charge on any atom is 0.174 e. The smallest absolute Gasteiger partial charge is 0.174 e. The van der Waals surface area contributed by atoms with Gasteiger partial charge in [0.05, 0.1) is 17.7 Å². The molecule has 2 heterocycles. The number of rotatable bonds is 2. The first-order valence-electron chi connectivity index (χ1n) is 6.20. The van der Waals surface area contributed by atoms with Crippen LogP contribution < -0.4 is 9.80 Å². The van der Waals surface area contributed by atoms with Gasteiger partial charge in [-0.05, 0) is 32.0 Å². The quantitative estimate of drug-likeness (QED) is 0.833. The third-order valence-electron chi connectivity index (χ3n) is 3.29. The normalized spacial score (nSPS) is 14.4. The van der Waals surface area contributed by atoms with Crippen molar-refractivity contribution < 1.29 is 0 Å². The molecule has 0 N–H and O–H groups in total. The molecule has 0 unspecified atom stereocenters. The maximum absolute atomic E-state index is 6.00. The Bertz CT molecular complexity index is 599. The van der Waals surface area contributed by atoms with Crippen LogP contribution in [0.25, 0.3) is 11.0 Å². The summed E-state index contributed by atoms with van der Waals surface area (Å²) in [5.74, 6) is 1.95. The van der Waals surface area contributed by atoms with Crippen molar-refractivity contribution in [1.29, 1.82) is 0 Å². The molecule has 1 aromatic carbocycles. The lowest BCUT2D eigenvalue weighted by atomic mass is 10.3. The SMILES string of the molecule is CCN1CN(CC)c2nc3cc(Cl)ccc3nc21. The number of fused-ring (bicyclic) bond motifs is 2. The van der Waals surface area contributed by atoms with Gasteiger partial charge in [-0.3, -0.25) is 0 Å². The van der Waals surface area contributed by atoms with Crippen LogP contribution in [-0.4, -0.2) is 29.7 Å². The van der Waals surface area contributed by atoms with E-state index in [1.165, 1.54) is 0 Å². The molecule has 2 aromatic rings. The topological polar surface area (TPSA) is 32.3 Å². The molecule has 0 aliphatic carbocycles. The van der Waals surface area contributed by atoms with Gasteiger partial charge in [-0.2, -0.15) is 0 Å². The van der Waals surface area contributed by atoms with Gasteiger partial charge in [-0.25, -0.2) is 9.97 Å². The number of hydrogen-bond acceptors (Lipinski definition) is 4. The van der Waals surface area contributed by atoms with Crippen LogP contribution in [0.5, 0.6) is 0 Å². The van der Waals surface area contributed by atoms with E-state index in [0.717, 1.165) is 42.4 Å². The standard InChI is InChI=1S/C13H15ClN4/c1-3-17-8-18(4-2)13-12(17)15-10-6-5-9(14)7-11(10)16-13/h5-7H,3-4,8H2,1-2H3. The molecule has 1 aromatic heterocycles. The van der Waals surface area contributed by atoms with Crippen molar-refractivity contribution in [2.75, 3.05) is 29.6 Å². The number of halogens is 1. The minimum Gasteiger partial charge on any atom is -0.336 e. The summed E-state index contributed by atoms with van der Waals surface area (Å²) in [6, 6.07) is 5.65. The van der Waals surface area contributed by atoms with Gasteiger partial charge in [0.15, 0.2) is 11.6 Å². The summed E-state index contributed by atoms with van der Waals surface area (Å²) in [6.07, 6.45) is 0. The second-order valence-corrected chi connectivity index (χ2v) is 4.79. The molecule has 0 amide bonds. The maximum atomic E-state index is 6.00. The van der Waals surface area contributed by atoms with Gasteiger partial charge in [0, 0.05) is 18.1 Å². The van der Waals surface area contributed by atoms with Crippen molar-refractivity contribution in [3.8, 4) is 0 Å². The molecule has 18 heavy (non-hydrogen) atoms. The minimum absolute atomic E-state index is 0.699. The fraction of sp³-hybridized carbons (Fsp3) is 0.385. The third kappa shape index (κ3) is 1.68. The molecule has 3 rings (SSSR count). The predicted octanol–water partition coefficient (Wildman–Crippen LogP) is 2.91. The van der Waals surface area contributed by atoms with Crippen molar-refractivity contribution in [3.05, 3.63) is 23.2 Å². The van der Waals surface area contributed by atoms with E-state index >= 15 is 0 Å². The van der Waals surface area contributed by atoms with Crippen molar-refractivity contribution in [2.24, 2.45) is 0 Å². The third-order valence-corrected chi connectivity index (χ3v) is 3.53. The van der Waals surface area contributed by atoms with Gasteiger partial charge in [-0.1, -0.05) is 11.6 Å². The first-order valence-corrected chi connectivity index (χ1v) is 6.58. The van der Waals surface area contributed by atoms with E-state index in [-0.39, 0.29) is 0 Å². The number of benzene rings is 1. The molecule has 4 nitrogen and oxygen atoms in total. The summed E-state index contributed by atoms with van der Waals surface area (Å²) >= 11 is 6.00. The minimum atomic E-state index is 0.699. The van der Waals surface area contributed by atoms with Crippen LogP contribution in [-0.2, 0) is 0 Å². The Morgan fingerprint density at radius 3 is 2.28 bits per heavy atom. The molecule has 0 saturated heterocycles. The molecule has 1 aliphatic heterocycles. The summed E-state index contributed by atoms with van der Waals surface area (Å²) in [7, 11) is 0. The zero-order valence-corrected chi connectivity index (χ0v) is 11.3. The second-order valence-electron chi connectivity index (χ2n) is 4.36. The first kappa shape index (κ1) is 11.5. The van der Waals surface area contributed by atoms with Gasteiger partial charge in [-0.15, -0.1) is 0 Å². The van der Waals surface area contributed by atoms with E-state index in [1.807, 2.05) is 18.2 Å². The monoisotopic (exact) mass is 262 g/mol. The Kier molecular flexibility index (Phi) is 2.74. The van der Waals surface area contributed by atoms with Crippen LogP contribution in [0.4, 0.5) is 11.6 Å². The highest BCUT2D eigenvalue weighted by Gasteiger charge is 2.27. The summed E-state index contributed by atoms with van der Waals surface area (Å²) < 4.78 is 0. The van der Waals surface area contributed by atoms with Crippen LogP contribution in [0.15, 0.2) is 18.2 Å². The van der Waals surface area contributed by atoms with Crippen LogP contribution in [0, 0.1) is 0 Å². The number of anilines is 2. The first-order chi connectivity index (χ1) is 8.72. The molecule has 0 saturated carbocycles. The van der Waals surface area contributed by atoms with Crippen LogP contribution >= 0.6 is 11.6 Å². The molecule has 1 aliphatic rings. The number of aromatic nitrogens is 2. The molecule has 0 spiro atoms. The highest BCUT2D eigenvalue weighted by molar-refractivity contribution is 6.31. The van der Waals surface area contributed by atoms with Crippen LogP contribution in [0.1, 0.15) is 13.8 Å². The van der Waals surface area contributed by atoms with Gasteiger partial charge in [0.25, 0.3) is 0 Å². The molecule has 0 atom stereocenters. The largest absolute Gasteiger partial charge is 0.336 e. The molecular formula is C13H15ClN4. The lowest BCUT2D eigenvalue weighted by molar-refractivity contribution is 0.793. The molecule has 0 bridgehead atoms. The van der Waals surface area contributed by atoms with E-state index in [9.17, 15) is 0 Å². The average Bonchev–Trinajstić information content (AvgIpc) is 2.73. The van der Waals surface area contributed by atoms with Crippen molar-refractivity contribution in [1.82, 2.24) is 9.97 Å². The van der Waals surface area contributed by atoms with E-state index < -0.39 is 0 Å². The van der Waals surface area contributed by atoms with Gasteiger partial charge >= 0.3 is 0 Å². The Labute approximate surface area is 111 Å². The molecule has 0 radical (unpaired) electrons. The fourth-order valence-electron chi connectivity index (χ4n) is 2.27. The highest BCUT2D eigenvalue weighted by atomic mass is 35.5. The number of hydrogen-bond donors (Lipinski definition) is 0. The zero-order chi connectivity index (χ0) is 12.7. The summed E-state index contributed by atoms with van der Waals surface area (Å²) in [5.41, 5.74) is 1.76. The molecule has 0 fully saturated rings. The van der Waals surface area contributed by atoms with E-state index in [2.05, 4.69) is 23.6 Å². The van der Waals surface area contributed by atoms with E-state index in [0.29, 0.717) is 5.02 Å². The Hall–Kier alpha value is -1.55. The van der Waals surface area contributed by atoms with E-state index in [4.69, 9.17) is 21.6 Å².